The summed E-state index contributed by atoms with van der Waals surface area (Å²) >= 11 is 0. The van der Waals surface area contributed by atoms with Gasteiger partial charge in [-0.2, -0.15) is 13.2 Å². The number of hydrogen-bond acceptors (Lipinski definition) is 5. The van der Waals surface area contributed by atoms with E-state index < -0.39 is 23.7 Å². The Balaban J connectivity index is 3.13. The summed E-state index contributed by atoms with van der Waals surface area (Å²) < 4.78 is 50.5. The van der Waals surface area contributed by atoms with E-state index in [9.17, 15) is 22.8 Å². The monoisotopic (exact) mass is 362 g/mol. The zero-order chi connectivity index (χ0) is 19.1. The summed E-state index contributed by atoms with van der Waals surface area (Å²) in [6, 6.07) is 6.22. The van der Waals surface area contributed by atoms with Crippen molar-refractivity contribution in [1.82, 2.24) is 10.6 Å². The standard InChI is InChI=1S/C16H21F3N2O4/c1-4-13(22)21-15(16(17,18)19,14(23)25-5-2)20-10-11-6-8-12(24-3)9-7-11/h6-9,20H,4-5,10H2,1-3H3,(H,21,22). The zero-order valence-electron chi connectivity index (χ0n) is 14.2. The summed E-state index contributed by atoms with van der Waals surface area (Å²) in [7, 11) is 1.46. The molecule has 0 radical (unpaired) electrons. The average molecular weight is 362 g/mol. The molecule has 1 atom stereocenters. The van der Waals surface area contributed by atoms with Gasteiger partial charge in [-0.1, -0.05) is 19.1 Å². The zero-order valence-corrected chi connectivity index (χ0v) is 14.2. The van der Waals surface area contributed by atoms with Crippen molar-refractivity contribution in [3.05, 3.63) is 29.8 Å². The van der Waals surface area contributed by atoms with Gasteiger partial charge in [0, 0.05) is 13.0 Å². The molecule has 1 amide bonds. The summed E-state index contributed by atoms with van der Waals surface area (Å²) in [4.78, 5) is 23.6. The first kappa shape index (κ1) is 20.8. The smallest absolute Gasteiger partial charge is 0.436 e. The molecule has 0 aromatic heterocycles. The van der Waals surface area contributed by atoms with E-state index in [2.05, 4.69) is 10.1 Å². The fourth-order valence-electron chi connectivity index (χ4n) is 1.97. The predicted octanol–water partition coefficient (Wildman–Crippen LogP) is 2.13. The first-order valence-corrected chi connectivity index (χ1v) is 7.63. The Morgan fingerprint density at radius 1 is 1.12 bits per heavy atom. The summed E-state index contributed by atoms with van der Waals surface area (Å²) in [5.74, 6) is -2.01. The van der Waals surface area contributed by atoms with Crippen molar-refractivity contribution in [2.45, 2.75) is 38.7 Å². The van der Waals surface area contributed by atoms with E-state index in [0.717, 1.165) is 0 Å². The van der Waals surface area contributed by atoms with Crippen molar-refractivity contribution in [2.24, 2.45) is 0 Å². The van der Waals surface area contributed by atoms with Crippen LogP contribution in [-0.4, -0.2) is 37.4 Å². The van der Waals surface area contributed by atoms with Crippen molar-refractivity contribution in [2.75, 3.05) is 13.7 Å². The van der Waals surface area contributed by atoms with Gasteiger partial charge in [0.05, 0.1) is 13.7 Å². The molecule has 0 aliphatic carbocycles. The summed E-state index contributed by atoms with van der Waals surface area (Å²) in [6.45, 7) is 2.17. The third-order valence-corrected chi connectivity index (χ3v) is 3.37. The largest absolute Gasteiger partial charge is 0.497 e. The van der Waals surface area contributed by atoms with Gasteiger partial charge in [0.2, 0.25) is 5.91 Å². The van der Waals surface area contributed by atoms with Crippen LogP contribution in [0.3, 0.4) is 0 Å². The fourth-order valence-corrected chi connectivity index (χ4v) is 1.97. The fraction of sp³-hybridized carbons (Fsp3) is 0.500. The van der Waals surface area contributed by atoms with E-state index in [-0.39, 0.29) is 19.6 Å². The third kappa shape index (κ3) is 5.09. The van der Waals surface area contributed by atoms with Gasteiger partial charge in [-0.05, 0) is 24.6 Å². The first-order valence-electron chi connectivity index (χ1n) is 7.63. The lowest BCUT2D eigenvalue weighted by atomic mass is 10.1. The highest BCUT2D eigenvalue weighted by atomic mass is 19.4. The van der Waals surface area contributed by atoms with Gasteiger partial charge >= 0.3 is 12.1 Å². The molecule has 0 bridgehead atoms. The second-order valence-corrected chi connectivity index (χ2v) is 5.07. The maximum Gasteiger partial charge on any atom is 0.436 e. The molecule has 1 rings (SSSR count). The van der Waals surface area contributed by atoms with Gasteiger partial charge in [0.1, 0.15) is 5.75 Å². The average Bonchev–Trinajstić information content (AvgIpc) is 2.57. The number of alkyl halides is 3. The Kier molecular flexibility index (Phi) is 7.22. The molecule has 0 spiro atoms. The van der Waals surface area contributed by atoms with E-state index >= 15 is 0 Å². The number of amides is 1. The molecule has 0 aliphatic heterocycles. The molecular formula is C16H21F3N2O4. The lowest BCUT2D eigenvalue weighted by molar-refractivity contribution is -0.222. The van der Waals surface area contributed by atoms with Gasteiger partial charge in [0.25, 0.3) is 5.66 Å². The number of halogens is 3. The lowest BCUT2D eigenvalue weighted by Gasteiger charge is -2.34. The Morgan fingerprint density at radius 2 is 1.72 bits per heavy atom. The molecule has 1 unspecified atom stereocenters. The van der Waals surface area contributed by atoms with Crippen LogP contribution < -0.4 is 15.4 Å². The van der Waals surface area contributed by atoms with E-state index in [4.69, 9.17) is 4.74 Å². The van der Waals surface area contributed by atoms with Crippen molar-refractivity contribution in [1.29, 1.82) is 0 Å². The molecule has 2 N–H and O–H groups in total. The minimum absolute atomic E-state index is 0.221. The molecule has 6 nitrogen and oxygen atoms in total. The molecule has 1 aromatic carbocycles. The van der Waals surface area contributed by atoms with E-state index in [1.165, 1.54) is 21.0 Å². The van der Waals surface area contributed by atoms with Crippen LogP contribution in [0.2, 0.25) is 0 Å². The van der Waals surface area contributed by atoms with Crippen molar-refractivity contribution in [3.63, 3.8) is 0 Å². The Bertz CT molecular complexity index is 590. The van der Waals surface area contributed by atoms with Gasteiger partial charge < -0.3 is 14.8 Å². The molecule has 0 saturated carbocycles. The molecule has 1 aromatic rings. The molecule has 0 heterocycles. The Morgan fingerprint density at radius 3 is 2.16 bits per heavy atom. The summed E-state index contributed by atoms with van der Waals surface area (Å²) in [5, 5.41) is 3.83. The minimum Gasteiger partial charge on any atom is -0.497 e. The third-order valence-electron chi connectivity index (χ3n) is 3.37. The van der Waals surface area contributed by atoms with Gasteiger partial charge in [-0.3, -0.25) is 10.1 Å². The number of methoxy groups -OCH3 is 1. The van der Waals surface area contributed by atoms with Crippen LogP contribution in [0.1, 0.15) is 25.8 Å². The molecule has 9 heteroatoms. The molecule has 140 valence electrons. The van der Waals surface area contributed by atoms with Crippen LogP contribution >= 0.6 is 0 Å². The number of nitrogens with one attached hydrogen (secondary N) is 2. The Hall–Kier alpha value is -2.29. The first-order chi connectivity index (χ1) is 11.7. The van der Waals surface area contributed by atoms with Crippen LogP contribution in [-0.2, 0) is 20.9 Å². The highest BCUT2D eigenvalue weighted by Gasteiger charge is 2.62. The number of ether oxygens (including phenoxy) is 2. The molecule has 0 saturated heterocycles. The van der Waals surface area contributed by atoms with Crippen molar-refractivity contribution < 1.29 is 32.2 Å². The molecule has 0 aliphatic rings. The number of hydrogen-bond donors (Lipinski definition) is 2. The van der Waals surface area contributed by atoms with Crippen LogP contribution in [0.5, 0.6) is 5.75 Å². The number of carbonyl (C=O) groups excluding carboxylic acids is 2. The number of esters is 1. The number of carbonyl (C=O) groups is 2. The van der Waals surface area contributed by atoms with E-state index in [1.54, 1.807) is 29.6 Å². The quantitative estimate of drug-likeness (QED) is 0.547. The van der Waals surface area contributed by atoms with Crippen LogP contribution in [0.15, 0.2) is 24.3 Å². The highest BCUT2D eigenvalue weighted by molar-refractivity contribution is 5.88. The summed E-state index contributed by atoms with van der Waals surface area (Å²) in [6.07, 6.45) is -5.32. The van der Waals surface area contributed by atoms with Gasteiger partial charge in [-0.15, -0.1) is 0 Å². The SMILES string of the molecule is CCOC(=O)C(NCc1ccc(OC)cc1)(NC(=O)CC)C(F)(F)F. The van der Waals surface area contributed by atoms with Gasteiger partial charge in [0.15, 0.2) is 0 Å². The predicted molar refractivity (Wildman–Crippen MR) is 83.7 cm³/mol. The highest BCUT2D eigenvalue weighted by Crippen LogP contribution is 2.30. The maximum atomic E-state index is 13.7. The minimum atomic E-state index is -5.10. The topological polar surface area (TPSA) is 76.7 Å². The molecule has 0 fully saturated rings. The van der Waals surface area contributed by atoms with Crippen LogP contribution in [0, 0.1) is 0 Å². The Labute approximate surface area is 143 Å². The molecule has 25 heavy (non-hydrogen) atoms. The second-order valence-electron chi connectivity index (χ2n) is 5.07. The van der Waals surface area contributed by atoms with Crippen LogP contribution in [0.4, 0.5) is 13.2 Å². The summed E-state index contributed by atoms with van der Waals surface area (Å²) in [5.41, 5.74) is -2.86. The second kappa shape index (κ2) is 8.70. The number of rotatable bonds is 8. The molecular weight excluding hydrogens is 341 g/mol. The van der Waals surface area contributed by atoms with Crippen molar-refractivity contribution >= 4 is 11.9 Å². The normalized spacial score (nSPS) is 13.7. The van der Waals surface area contributed by atoms with Gasteiger partial charge in [-0.25, -0.2) is 4.79 Å². The lowest BCUT2D eigenvalue weighted by Crippen LogP contribution is -2.72. The van der Waals surface area contributed by atoms with E-state index in [0.29, 0.717) is 11.3 Å². The number of benzene rings is 1. The van der Waals surface area contributed by atoms with Crippen LogP contribution in [0.25, 0.3) is 0 Å². The maximum absolute atomic E-state index is 13.7. The van der Waals surface area contributed by atoms with Crippen molar-refractivity contribution in [3.8, 4) is 5.75 Å². The van der Waals surface area contributed by atoms with E-state index in [1.807, 2.05) is 0 Å².